The number of hydrogen-bond donors (Lipinski definition) is 0. The summed E-state index contributed by atoms with van der Waals surface area (Å²) in [5.41, 5.74) is 1.14. The summed E-state index contributed by atoms with van der Waals surface area (Å²) < 4.78 is 11.9. The number of rotatable bonds is 5. The van der Waals surface area contributed by atoms with Crippen LogP contribution in [-0.4, -0.2) is 67.7 Å². The first-order valence-electron chi connectivity index (χ1n) is 9.41. The van der Waals surface area contributed by atoms with Crippen molar-refractivity contribution in [3.63, 3.8) is 0 Å². The van der Waals surface area contributed by atoms with E-state index in [9.17, 15) is 4.79 Å². The molecule has 0 spiro atoms. The van der Waals surface area contributed by atoms with Crippen molar-refractivity contribution < 1.29 is 14.3 Å². The SMILES string of the molecule is Cc1cccc(OCC(=O)N2CCC(OC3CCN(C)CC3)CC2)c1. The number of nitrogens with zero attached hydrogens (tertiary/aromatic N) is 2. The highest BCUT2D eigenvalue weighted by atomic mass is 16.5. The van der Waals surface area contributed by atoms with E-state index in [0.29, 0.717) is 12.2 Å². The molecular formula is C20H30N2O3. The summed E-state index contributed by atoms with van der Waals surface area (Å²) in [6, 6.07) is 7.81. The molecule has 0 unspecified atom stereocenters. The lowest BCUT2D eigenvalue weighted by Gasteiger charge is -2.36. The first-order valence-corrected chi connectivity index (χ1v) is 9.41. The van der Waals surface area contributed by atoms with Gasteiger partial charge in [-0.3, -0.25) is 4.79 Å². The highest BCUT2D eigenvalue weighted by molar-refractivity contribution is 5.77. The van der Waals surface area contributed by atoms with Gasteiger partial charge >= 0.3 is 0 Å². The third-order valence-electron chi connectivity index (χ3n) is 5.20. The number of aryl methyl sites for hydroxylation is 1. The Kier molecular flexibility index (Phi) is 6.32. The number of hydrogen-bond acceptors (Lipinski definition) is 4. The molecule has 5 heteroatoms. The van der Waals surface area contributed by atoms with Crippen LogP contribution in [0.15, 0.2) is 24.3 Å². The van der Waals surface area contributed by atoms with Crippen LogP contribution < -0.4 is 4.74 Å². The lowest BCUT2D eigenvalue weighted by atomic mass is 10.0. The van der Waals surface area contributed by atoms with Gasteiger partial charge in [-0.1, -0.05) is 12.1 Å². The van der Waals surface area contributed by atoms with E-state index in [1.54, 1.807) is 0 Å². The molecule has 2 saturated heterocycles. The number of benzene rings is 1. The van der Waals surface area contributed by atoms with Crippen LogP contribution in [0.1, 0.15) is 31.2 Å². The van der Waals surface area contributed by atoms with Crippen LogP contribution in [0.4, 0.5) is 0 Å². The molecule has 0 N–H and O–H groups in total. The van der Waals surface area contributed by atoms with E-state index >= 15 is 0 Å². The molecule has 5 nitrogen and oxygen atoms in total. The molecule has 0 radical (unpaired) electrons. The van der Waals surface area contributed by atoms with Crippen molar-refractivity contribution in [3.05, 3.63) is 29.8 Å². The molecule has 25 heavy (non-hydrogen) atoms. The zero-order valence-corrected chi connectivity index (χ0v) is 15.4. The molecular weight excluding hydrogens is 316 g/mol. The van der Waals surface area contributed by atoms with Crippen molar-refractivity contribution in [1.82, 2.24) is 9.80 Å². The zero-order valence-electron chi connectivity index (χ0n) is 15.4. The number of carbonyl (C=O) groups excluding carboxylic acids is 1. The van der Waals surface area contributed by atoms with Gasteiger partial charge in [-0.05, 0) is 57.4 Å². The Hall–Kier alpha value is -1.59. The fourth-order valence-corrected chi connectivity index (χ4v) is 3.58. The van der Waals surface area contributed by atoms with Crippen molar-refractivity contribution in [2.24, 2.45) is 0 Å². The average Bonchev–Trinajstić information content (AvgIpc) is 2.62. The molecule has 2 aliphatic heterocycles. The van der Waals surface area contributed by atoms with Gasteiger partial charge in [-0.2, -0.15) is 0 Å². The van der Waals surface area contributed by atoms with E-state index in [1.807, 2.05) is 36.1 Å². The summed E-state index contributed by atoms with van der Waals surface area (Å²) in [7, 11) is 2.17. The summed E-state index contributed by atoms with van der Waals surface area (Å²) in [5.74, 6) is 0.827. The monoisotopic (exact) mass is 346 g/mol. The largest absolute Gasteiger partial charge is 0.484 e. The van der Waals surface area contributed by atoms with Crippen molar-refractivity contribution in [2.75, 3.05) is 39.8 Å². The van der Waals surface area contributed by atoms with E-state index in [4.69, 9.17) is 9.47 Å². The summed E-state index contributed by atoms with van der Waals surface area (Å²) in [6.45, 7) is 5.92. The summed E-state index contributed by atoms with van der Waals surface area (Å²) >= 11 is 0. The van der Waals surface area contributed by atoms with Gasteiger partial charge in [0, 0.05) is 26.2 Å². The maximum Gasteiger partial charge on any atom is 0.260 e. The van der Waals surface area contributed by atoms with Gasteiger partial charge in [-0.15, -0.1) is 0 Å². The Morgan fingerprint density at radius 1 is 1.08 bits per heavy atom. The van der Waals surface area contributed by atoms with Crippen molar-refractivity contribution in [3.8, 4) is 5.75 Å². The molecule has 138 valence electrons. The number of piperidine rings is 2. The minimum absolute atomic E-state index is 0.0687. The normalized spacial score (nSPS) is 20.6. The molecule has 1 aromatic carbocycles. The van der Waals surface area contributed by atoms with Crippen LogP contribution in [0, 0.1) is 6.92 Å². The number of ether oxygens (including phenoxy) is 2. The standard InChI is InChI=1S/C20H30N2O3/c1-16-4-3-5-19(14-16)24-15-20(23)22-12-8-18(9-13-22)25-17-6-10-21(2)11-7-17/h3-5,14,17-18H,6-13,15H2,1-2H3. The number of carbonyl (C=O) groups is 1. The molecule has 1 aromatic rings. The van der Waals surface area contributed by atoms with Crippen LogP contribution in [0.3, 0.4) is 0 Å². The Morgan fingerprint density at radius 2 is 1.72 bits per heavy atom. The molecule has 2 aliphatic rings. The highest BCUT2D eigenvalue weighted by Crippen LogP contribution is 2.21. The second kappa shape index (κ2) is 8.68. The van der Waals surface area contributed by atoms with E-state index in [0.717, 1.165) is 63.2 Å². The third kappa shape index (κ3) is 5.44. The van der Waals surface area contributed by atoms with Crippen molar-refractivity contribution >= 4 is 5.91 Å². The van der Waals surface area contributed by atoms with Gasteiger partial charge in [0.15, 0.2) is 6.61 Å². The van der Waals surface area contributed by atoms with Crippen molar-refractivity contribution in [1.29, 1.82) is 0 Å². The van der Waals surface area contributed by atoms with Gasteiger partial charge in [-0.25, -0.2) is 0 Å². The topological polar surface area (TPSA) is 42.0 Å². The molecule has 2 fully saturated rings. The summed E-state index contributed by atoms with van der Waals surface area (Å²) in [6.07, 6.45) is 4.81. The number of likely N-dealkylation sites (tertiary alicyclic amines) is 2. The predicted octanol–water partition coefficient (Wildman–Crippen LogP) is 2.48. The molecule has 0 aromatic heterocycles. The van der Waals surface area contributed by atoms with Gasteiger partial charge in [0.2, 0.25) is 0 Å². The second-order valence-electron chi connectivity index (χ2n) is 7.32. The summed E-state index contributed by atoms with van der Waals surface area (Å²) in [4.78, 5) is 16.6. The smallest absolute Gasteiger partial charge is 0.260 e. The molecule has 1 amide bonds. The number of amides is 1. The zero-order chi connectivity index (χ0) is 17.6. The van der Waals surface area contributed by atoms with E-state index in [2.05, 4.69) is 11.9 Å². The molecule has 0 aliphatic carbocycles. The summed E-state index contributed by atoms with van der Waals surface area (Å²) in [5, 5.41) is 0. The first kappa shape index (κ1) is 18.2. The maximum absolute atomic E-state index is 12.3. The van der Waals surface area contributed by atoms with Gasteiger partial charge in [0.05, 0.1) is 12.2 Å². The van der Waals surface area contributed by atoms with E-state index < -0.39 is 0 Å². The lowest BCUT2D eigenvalue weighted by Crippen LogP contribution is -2.44. The van der Waals surface area contributed by atoms with Crippen LogP contribution in [0.5, 0.6) is 5.75 Å². The minimum atomic E-state index is 0.0687. The second-order valence-corrected chi connectivity index (χ2v) is 7.32. The van der Waals surface area contributed by atoms with E-state index in [1.165, 1.54) is 0 Å². The predicted molar refractivity (Wildman–Crippen MR) is 97.9 cm³/mol. The van der Waals surface area contributed by atoms with Gasteiger partial charge in [0.25, 0.3) is 5.91 Å². The average molecular weight is 346 g/mol. The Morgan fingerprint density at radius 3 is 2.36 bits per heavy atom. The molecule has 0 saturated carbocycles. The van der Waals surface area contributed by atoms with Crippen molar-refractivity contribution in [2.45, 2.75) is 44.8 Å². The van der Waals surface area contributed by atoms with Crippen LogP contribution in [0.2, 0.25) is 0 Å². The fraction of sp³-hybridized carbons (Fsp3) is 0.650. The highest BCUT2D eigenvalue weighted by Gasteiger charge is 2.27. The van der Waals surface area contributed by atoms with Crippen LogP contribution >= 0.6 is 0 Å². The lowest BCUT2D eigenvalue weighted by molar-refractivity contribution is -0.137. The Bertz CT molecular complexity index is 562. The van der Waals surface area contributed by atoms with Crippen LogP contribution in [-0.2, 0) is 9.53 Å². The quantitative estimate of drug-likeness (QED) is 0.821. The Balaban J connectivity index is 1.37. The van der Waals surface area contributed by atoms with Crippen LogP contribution in [0.25, 0.3) is 0 Å². The third-order valence-corrected chi connectivity index (χ3v) is 5.20. The Labute approximate surface area is 150 Å². The molecule has 0 atom stereocenters. The first-order chi connectivity index (χ1) is 12.1. The molecule has 3 rings (SSSR count). The van der Waals surface area contributed by atoms with Gasteiger partial charge < -0.3 is 19.3 Å². The molecule has 0 bridgehead atoms. The minimum Gasteiger partial charge on any atom is -0.484 e. The van der Waals surface area contributed by atoms with Gasteiger partial charge in [0.1, 0.15) is 5.75 Å². The van der Waals surface area contributed by atoms with E-state index in [-0.39, 0.29) is 12.5 Å². The maximum atomic E-state index is 12.3. The molecule has 2 heterocycles. The fourth-order valence-electron chi connectivity index (χ4n) is 3.58.